The second-order valence-corrected chi connectivity index (χ2v) is 7.32. The van der Waals surface area contributed by atoms with Crippen LogP contribution in [0.15, 0.2) is 30.6 Å². The highest BCUT2D eigenvalue weighted by atomic mass is 19.4. The van der Waals surface area contributed by atoms with Gasteiger partial charge in [-0.1, -0.05) is 6.92 Å². The molecule has 4 nitrogen and oxygen atoms in total. The van der Waals surface area contributed by atoms with Gasteiger partial charge in [0.2, 0.25) is 0 Å². The van der Waals surface area contributed by atoms with Gasteiger partial charge in [0.05, 0.1) is 11.3 Å². The molecule has 0 bridgehead atoms. The highest BCUT2D eigenvalue weighted by Crippen LogP contribution is 2.37. The second-order valence-electron chi connectivity index (χ2n) is 7.32. The Morgan fingerprint density at radius 3 is 2.41 bits per heavy atom. The Bertz CT molecular complexity index is 895. The fourth-order valence-corrected chi connectivity index (χ4v) is 3.38. The first-order valence-electron chi connectivity index (χ1n) is 9.13. The maximum atomic E-state index is 13.8. The van der Waals surface area contributed by atoms with Crippen molar-refractivity contribution in [2.75, 3.05) is 18.0 Å². The standard InChI is InChI=1S/C20H20F5N3O/c1-11-3-4-28(10-11)18-16(13-5-14(21)7-15(22)6-13)8-26-9-17(18)19(29)27-12(2)20(23,24)25/h5-9,11-12H,3-4,10H2,1-2H3,(H,27,29)/t11-,12+/m1/s1. The molecule has 1 aromatic carbocycles. The molecule has 2 atom stereocenters. The number of nitrogens with zero attached hydrogens (tertiary/aromatic N) is 2. The summed E-state index contributed by atoms with van der Waals surface area (Å²) in [6.07, 6.45) is -1.25. The summed E-state index contributed by atoms with van der Waals surface area (Å²) in [6.45, 7) is 3.97. The molecule has 3 rings (SSSR count). The van der Waals surface area contributed by atoms with Gasteiger partial charge in [-0.3, -0.25) is 9.78 Å². The van der Waals surface area contributed by atoms with Crippen LogP contribution < -0.4 is 10.2 Å². The first kappa shape index (κ1) is 21.0. The molecule has 0 spiro atoms. The van der Waals surface area contributed by atoms with Crippen molar-refractivity contribution in [3.05, 3.63) is 47.8 Å². The van der Waals surface area contributed by atoms with Crippen LogP contribution in [0.1, 0.15) is 30.6 Å². The summed E-state index contributed by atoms with van der Waals surface area (Å²) < 4.78 is 66.2. The van der Waals surface area contributed by atoms with E-state index in [0.717, 1.165) is 31.5 Å². The third kappa shape index (κ3) is 4.65. The number of nitrogens with one attached hydrogen (secondary N) is 1. The molecule has 0 unspecified atom stereocenters. The molecule has 2 heterocycles. The van der Waals surface area contributed by atoms with Gasteiger partial charge in [0.15, 0.2) is 0 Å². The number of alkyl halides is 3. The number of amides is 1. The van der Waals surface area contributed by atoms with Crippen molar-refractivity contribution in [3.8, 4) is 11.1 Å². The zero-order valence-electron chi connectivity index (χ0n) is 15.9. The Morgan fingerprint density at radius 2 is 1.86 bits per heavy atom. The number of hydrogen-bond donors (Lipinski definition) is 1. The smallest absolute Gasteiger partial charge is 0.370 e. The van der Waals surface area contributed by atoms with Crippen LogP contribution in [0.2, 0.25) is 0 Å². The highest BCUT2D eigenvalue weighted by Gasteiger charge is 2.38. The number of carbonyl (C=O) groups excluding carboxylic acids is 1. The van der Waals surface area contributed by atoms with Crippen LogP contribution >= 0.6 is 0 Å². The number of carbonyl (C=O) groups is 1. The summed E-state index contributed by atoms with van der Waals surface area (Å²) in [6, 6.07) is 0.859. The number of pyridine rings is 1. The lowest BCUT2D eigenvalue weighted by molar-refractivity contribution is -0.149. The number of hydrogen-bond acceptors (Lipinski definition) is 3. The Hall–Kier alpha value is -2.71. The second kappa shape index (κ2) is 7.96. The molecule has 2 aromatic rings. The molecule has 156 valence electrons. The first-order chi connectivity index (χ1) is 13.6. The van der Waals surface area contributed by atoms with Crippen LogP contribution in [-0.4, -0.2) is 36.2 Å². The van der Waals surface area contributed by atoms with Crippen molar-refractivity contribution in [3.63, 3.8) is 0 Å². The van der Waals surface area contributed by atoms with Crippen LogP contribution in [-0.2, 0) is 0 Å². The van der Waals surface area contributed by atoms with E-state index in [1.54, 1.807) is 0 Å². The maximum absolute atomic E-state index is 13.8. The average Bonchev–Trinajstić information content (AvgIpc) is 3.05. The lowest BCUT2D eigenvalue weighted by Gasteiger charge is -2.25. The van der Waals surface area contributed by atoms with Gasteiger partial charge in [-0.25, -0.2) is 8.78 Å². The molecule has 1 aliphatic rings. The van der Waals surface area contributed by atoms with E-state index in [4.69, 9.17) is 0 Å². The Kier molecular flexibility index (Phi) is 5.77. The maximum Gasteiger partial charge on any atom is 0.408 e. The van der Waals surface area contributed by atoms with E-state index in [-0.39, 0.29) is 16.7 Å². The fourth-order valence-electron chi connectivity index (χ4n) is 3.38. The summed E-state index contributed by atoms with van der Waals surface area (Å²) >= 11 is 0. The minimum Gasteiger partial charge on any atom is -0.370 e. The van der Waals surface area contributed by atoms with Gasteiger partial charge < -0.3 is 10.2 Å². The lowest BCUT2D eigenvalue weighted by atomic mass is 10.0. The van der Waals surface area contributed by atoms with Crippen molar-refractivity contribution >= 4 is 11.6 Å². The normalized spacial score (nSPS) is 18.0. The minimum atomic E-state index is -4.60. The fraction of sp³-hybridized carbons (Fsp3) is 0.400. The van der Waals surface area contributed by atoms with Crippen molar-refractivity contribution in [1.82, 2.24) is 10.3 Å². The third-order valence-corrected chi connectivity index (χ3v) is 4.91. The number of anilines is 1. The molecule has 1 N–H and O–H groups in total. The topological polar surface area (TPSA) is 45.2 Å². The van der Waals surface area contributed by atoms with Gasteiger partial charge in [-0.15, -0.1) is 0 Å². The summed E-state index contributed by atoms with van der Waals surface area (Å²) in [5.41, 5.74) is 0.687. The van der Waals surface area contributed by atoms with Gasteiger partial charge in [0, 0.05) is 37.1 Å². The quantitative estimate of drug-likeness (QED) is 0.748. The van der Waals surface area contributed by atoms with Crippen molar-refractivity contribution < 1.29 is 26.7 Å². The largest absolute Gasteiger partial charge is 0.408 e. The Labute approximate surface area is 164 Å². The molecule has 9 heteroatoms. The van der Waals surface area contributed by atoms with Gasteiger partial charge in [0.1, 0.15) is 17.7 Å². The predicted molar refractivity (Wildman–Crippen MR) is 98.6 cm³/mol. The van der Waals surface area contributed by atoms with Crippen molar-refractivity contribution in [2.24, 2.45) is 5.92 Å². The molecule has 1 fully saturated rings. The summed E-state index contributed by atoms with van der Waals surface area (Å²) in [5, 5.41) is 1.93. The predicted octanol–water partition coefficient (Wildman–Crippen LogP) is 4.55. The van der Waals surface area contributed by atoms with Gasteiger partial charge in [-0.2, -0.15) is 13.2 Å². The van der Waals surface area contributed by atoms with E-state index in [1.165, 1.54) is 12.4 Å². The summed E-state index contributed by atoms with van der Waals surface area (Å²) in [7, 11) is 0. The summed E-state index contributed by atoms with van der Waals surface area (Å²) in [4.78, 5) is 18.4. The molecule has 1 saturated heterocycles. The molecular formula is C20H20F5N3O. The monoisotopic (exact) mass is 413 g/mol. The number of aromatic nitrogens is 1. The first-order valence-corrected chi connectivity index (χ1v) is 9.13. The number of rotatable bonds is 4. The number of halogens is 5. The summed E-state index contributed by atoms with van der Waals surface area (Å²) in [5.74, 6) is -2.26. The van der Waals surface area contributed by atoms with Gasteiger partial charge in [-0.05, 0) is 37.0 Å². The molecule has 1 aliphatic heterocycles. The third-order valence-electron chi connectivity index (χ3n) is 4.91. The zero-order chi connectivity index (χ0) is 21.3. The van der Waals surface area contributed by atoms with Crippen LogP contribution in [0.25, 0.3) is 11.1 Å². The van der Waals surface area contributed by atoms with E-state index in [1.807, 2.05) is 17.1 Å². The molecule has 0 saturated carbocycles. The zero-order valence-corrected chi connectivity index (χ0v) is 15.9. The van der Waals surface area contributed by atoms with Crippen LogP contribution in [0.3, 0.4) is 0 Å². The number of benzene rings is 1. The van der Waals surface area contributed by atoms with E-state index < -0.39 is 29.8 Å². The molecule has 0 aliphatic carbocycles. The van der Waals surface area contributed by atoms with Crippen molar-refractivity contribution in [1.29, 1.82) is 0 Å². The van der Waals surface area contributed by atoms with E-state index in [9.17, 15) is 26.7 Å². The van der Waals surface area contributed by atoms with Gasteiger partial charge >= 0.3 is 6.18 Å². The molecular weight excluding hydrogens is 393 g/mol. The highest BCUT2D eigenvalue weighted by molar-refractivity contribution is 6.03. The van der Waals surface area contributed by atoms with E-state index >= 15 is 0 Å². The van der Waals surface area contributed by atoms with E-state index in [2.05, 4.69) is 4.98 Å². The van der Waals surface area contributed by atoms with Crippen LogP contribution in [0.4, 0.5) is 27.6 Å². The Morgan fingerprint density at radius 1 is 1.21 bits per heavy atom. The van der Waals surface area contributed by atoms with Crippen LogP contribution in [0.5, 0.6) is 0 Å². The van der Waals surface area contributed by atoms with E-state index in [0.29, 0.717) is 24.7 Å². The van der Waals surface area contributed by atoms with Crippen LogP contribution in [0, 0.1) is 17.6 Å². The van der Waals surface area contributed by atoms with Gasteiger partial charge in [0.25, 0.3) is 5.91 Å². The molecule has 29 heavy (non-hydrogen) atoms. The SMILES string of the molecule is C[C@@H]1CCN(c2c(C(=O)N[C@@H](C)C(F)(F)F)cncc2-c2cc(F)cc(F)c2)C1. The lowest BCUT2D eigenvalue weighted by Crippen LogP contribution is -2.43. The molecule has 0 radical (unpaired) electrons. The molecule has 1 amide bonds. The molecule has 1 aromatic heterocycles. The van der Waals surface area contributed by atoms with Crippen molar-refractivity contribution in [2.45, 2.75) is 32.5 Å². The Balaban J connectivity index is 2.10. The average molecular weight is 413 g/mol. The minimum absolute atomic E-state index is 0.0719.